The van der Waals surface area contributed by atoms with Gasteiger partial charge in [-0.25, -0.2) is 0 Å². The molecule has 2 aromatic rings. The van der Waals surface area contributed by atoms with Gasteiger partial charge in [-0.1, -0.05) is 19.8 Å². The van der Waals surface area contributed by atoms with Crippen LogP contribution in [0.25, 0.3) is 0 Å². The van der Waals surface area contributed by atoms with Crippen LogP contribution in [-0.4, -0.2) is 18.4 Å². The summed E-state index contributed by atoms with van der Waals surface area (Å²) in [6.07, 6.45) is 4.68. The highest BCUT2D eigenvalue weighted by Gasteiger charge is 2.10. The molecule has 2 N–H and O–H groups in total. The molecule has 1 heterocycles. The molecular formula is C17H20N2O4. The third-order valence-electron chi connectivity index (χ3n) is 3.17. The minimum absolute atomic E-state index is 0.126. The summed E-state index contributed by atoms with van der Waals surface area (Å²) in [5.41, 5.74) is 5.03. The summed E-state index contributed by atoms with van der Waals surface area (Å²) in [6.45, 7) is 2.80. The number of unbranched alkanes of at least 4 members (excludes halogenated alkanes) is 2. The van der Waals surface area contributed by atoms with E-state index in [0.29, 0.717) is 12.2 Å². The molecule has 0 aliphatic rings. The first-order valence-corrected chi connectivity index (χ1v) is 7.57. The predicted octanol–water partition coefficient (Wildman–Crippen LogP) is 2.92. The molecule has 6 heteroatoms. The second-order valence-corrected chi connectivity index (χ2v) is 4.97. The van der Waals surface area contributed by atoms with Gasteiger partial charge in [-0.05, 0) is 42.8 Å². The maximum absolute atomic E-state index is 11.9. The van der Waals surface area contributed by atoms with Crippen LogP contribution >= 0.6 is 0 Å². The highest BCUT2D eigenvalue weighted by atomic mass is 16.5. The summed E-state index contributed by atoms with van der Waals surface area (Å²) < 4.78 is 10.5. The molecule has 23 heavy (non-hydrogen) atoms. The van der Waals surface area contributed by atoms with Gasteiger partial charge in [0.15, 0.2) is 5.76 Å². The fraction of sp³-hybridized carbons (Fsp3) is 0.294. The van der Waals surface area contributed by atoms with Crippen molar-refractivity contribution in [3.8, 4) is 5.75 Å². The van der Waals surface area contributed by atoms with Crippen molar-refractivity contribution in [3.05, 3.63) is 54.0 Å². The number of amides is 2. The van der Waals surface area contributed by atoms with Crippen molar-refractivity contribution in [1.82, 2.24) is 10.9 Å². The second kappa shape index (κ2) is 8.63. The first kappa shape index (κ1) is 16.6. The van der Waals surface area contributed by atoms with E-state index in [0.717, 1.165) is 25.0 Å². The zero-order valence-electron chi connectivity index (χ0n) is 13.0. The molecule has 0 bridgehead atoms. The number of nitrogens with one attached hydrogen (secondary N) is 2. The Kier molecular flexibility index (Phi) is 6.23. The van der Waals surface area contributed by atoms with Crippen molar-refractivity contribution in [2.75, 3.05) is 6.61 Å². The highest BCUT2D eigenvalue weighted by Crippen LogP contribution is 2.12. The lowest BCUT2D eigenvalue weighted by Crippen LogP contribution is -2.41. The number of hydrogen-bond acceptors (Lipinski definition) is 4. The highest BCUT2D eigenvalue weighted by molar-refractivity contribution is 5.97. The molecular weight excluding hydrogens is 296 g/mol. The smallest absolute Gasteiger partial charge is 0.305 e. The maximum atomic E-state index is 11.9. The normalized spacial score (nSPS) is 10.1. The van der Waals surface area contributed by atoms with E-state index in [4.69, 9.17) is 9.15 Å². The molecule has 0 fully saturated rings. The second-order valence-electron chi connectivity index (χ2n) is 4.97. The summed E-state index contributed by atoms with van der Waals surface area (Å²) in [6, 6.07) is 9.85. The van der Waals surface area contributed by atoms with Crippen LogP contribution in [0.2, 0.25) is 0 Å². The number of carbonyl (C=O) groups excluding carboxylic acids is 2. The Morgan fingerprint density at radius 3 is 2.43 bits per heavy atom. The zero-order chi connectivity index (χ0) is 16.5. The Balaban J connectivity index is 1.79. The first-order valence-electron chi connectivity index (χ1n) is 7.57. The molecule has 0 aliphatic heterocycles. The van der Waals surface area contributed by atoms with Crippen LogP contribution in [0.1, 0.15) is 47.1 Å². The molecule has 2 amide bonds. The molecule has 1 aromatic heterocycles. The fourth-order valence-electron chi connectivity index (χ4n) is 1.90. The predicted molar refractivity (Wildman–Crippen MR) is 85.1 cm³/mol. The number of furan rings is 1. The minimum Gasteiger partial charge on any atom is -0.494 e. The van der Waals surface area contributed by atoms with E-state index in [2.05, 4.69) is 17.8 Å². The average Bonchev–Trinajstić information content (AvgIpc) is 3.11. The lowest BCUT2D eigenvalue weighted by molar-refractivity contribution is 0.0831. The van der Waals surface area contributed by atoms with Gasteiger partial charge in [-0.15, -0.1) is 0 Å². The number of ether oxygens (including phenoxy) is 1. The summed E-state index contributed by atoms with van der Waals surface area (Å²) in [5.74, 6) is -0.0833. The van der Waals surface area contributed by atoms with Crippen molar-refractivity contribution in [3.63, 3.8) is 0 Å². The van der Waals surface area contributed by atoms with Gasteiger partial charge in [0, 0.05) is 5.56 Å². The SMILES string of the molecule is CCCCCOc1ccc(C(=O)NNC(=O)c2ccco2)cc1. The molecule has 6 nitrogen and oxygen atoms in total. The molecule has 0 atom stereocenters. The van der Waals surface area contributed by atoms with Crippen LogP contribution in [-0.2, 0) is 0 Å². The first-order chi connectivity index (χ1) is 11.2. The van der Waals surface area contributed by atoms with Gasteiger partial charge in [0.2, 0.25) is 0 Å². The van der Waals surface area contributed by atoms with Gasteiger partial charge >= 0.3 is 5.91 Å². The van der Waals surface area contributed by atoms with Crippen LogP contribution in [0, 0.1) is 0 Å². The number of rotatable bonds is 7. The quantitative estimate of drug-likeness (QED) is 0.608. The Morgan fingerprint density at radius 1 is 1.04 bits per heavy atom. The van der Waals surface area contributed by atoms with Crippen molar-refractivity contribution >= 4 is 11.8 Å². The Hall–Kier alpha value is -2.76. The van der Waals surface area contributed by atoms with Gasteiger partial charge in [0.25, 0.3) is 5.91 Å². The largest absolute Gasteiger partial charge is 0.494 e. The molecule has 0 saturated heterocycles. The minimum atomic E-state index is -0.515. The Morgan fingerprint density at radius 2 is 1.78 bits per heavy atom. The summed E-state index contributed by atoms with van der Waals surface area (Å²) >= 11 is 0. The average molecular weight is 316 g/mol. The third-order valence-corrected chi connectivity index (χ3v) is 3.17. The maximum Gasteiger partial charge on any atom is 0.305 e. The molecule has 0 radical (unpaired) electrons. The van der Waals surface area contributed by atoms with Crippen molar-refractivity contribution < 1.29 is 18.7 Å². The van der Waals surface area contributed by atoms with E-state index in [9.17, 15) is 9.59 Å². The van der Waals surface area contributed by atoms with E-state index < -0.39 is 11.8 Å². The van der Waals surface area contributed by atoms with Crippen molar-refractivity contribution in [2.24, 2.45) is 0 Å². The summed E-state index contributed by atoms with van der Waals surface area (Å²) in [7, 11) is 0. The van der Waals surface area contributed by atoms with Crippen LogP contribution in [0.4, 0.5) is 0 Å². The lowest BCUT2D eigenvalue weighted by Gasteiger charge is -2.08. The number of hydrazine groups is 1. The van der Waals surface area contributed by atoms with E-state index >= 15 is 0 Å². The van der Waals surface area contributed by atoms with Gasteiger partial charge in [0.1, 0.15) is 5.75 Å². The van der Waals surface area contributed by atoms with Gasteiger partial charge in [-0.3, -0.25) is 20.4 Å². The molecule has 0 saturated carbocycles. The Bertz CT molecular complexity index is 621. The third kappa shape index (κ3) is 5.18. The molecule has 0 spiro atoms. The molecule has 0 unspecified atom stereocenters. The van der Waals surface area contributed by atoms with Gasteiger partial charge in [0.05, 0.1) is 12.9 Å². The van der Waals surface area contributed by atoms with Gasteiger partial charge < -0.3 is 9.15 Å². The topological polar surface area (TPSA) is 80.6 Å². The van der Waals surface area contributed by atoms with E-state index in [1.165, 1.54) is 12.3 Å². The van der Waals surface area contributed by atoms with Crippen LogP contribution in [0.15, 0.2) is 47.1 Å². The van der Waals surface area contributed by atoms with E-state index in [1.807, 2.05) is 0 Å². The molecule has 2 rings (SSSR count). The summed E-state index contributed by atoms with van der Waals surface area (Å²) in [4.78, 5) is 23.6. The molecule has 122 valence electrons. The van der Waals surface area contributed by atoms with E-state index in [1.54, 1.807) is 30.3 Å². The van der Waals surface area contributed by atoms with E-state index in [-0.39, 0.29) is 5.76 Å². The van der Waals surface area contributed by atoms with Crippen LogP contribution < -0.4 is 15.6 Å². The van der Waals surface area contributed by atoms with Crippen LogP contribution in [0.3, 0.4) is 0 Å². The zero-order valence-corrected chi connectivity index (χ0v) is 13.0. The Labute approximate surface area is 134 Å². The lowest BCUT2D eigenvalue weighted by atomic mass is 10.2. The number of hydrogen-bond donors (Lipinski definition) is 2. The fourth-order valence-corrected chi connectivity index (χ4v) is 1.90. The standard InChI is InChI=1S/C17H20N2O4/c1-2-3-4-11-22-14-9-7-13(8-10-14)16(20)18-19-17(21)15-6-5-12-23-15/h5-10,12H,2-4,11H2,1H3,(H,18,20)(H,19,21). The number of benzene rings is 1. The summed E-state index contributed by atoms with van der Waals surface area (Å²) in [5, 5.41) is 0. The molecule has 1 aromatic carbocycles. The van der Waals surface area contributed by atoms with Gasteiger partial charge in [-0.2, -0.15) is 0 Å². The van der Waals surface area contributed by atoms with Crippen molar-refractivity contribution in [1.29, 1.82) is 0 Å². The monoisotopic (exact) mass is 316 g/mol. The molecule has 0 aliphatic carbocycles. The number of carbonyl (C=O) groups is 2. The van der Waals surface area contributed by atoms with Crippen molar-refractivity contribution in [2.45, 2.75) is 26.2 Å². The van der Waals surface area contributed by atoms with Crippen LogP contribution in [0.5, 0.6) is 5.75 Å².